The highest BCUT2D eigenvalue weighted by Gasteiger charge is 2.52. The second-order valence-corrected chi connectivity index (χ2v) is 26.6. The molecule has 11 rings (SSSR count). The van der Waals surface area contributed by atoms with E-state index >= 15 is 0 Å². The van der Waals surface area contributed by atoms with Crippen LogP contribution in [-0.2, 0) is 16.2 Å². The van der Waals surface area contributed by atoms with Crippen LogP contribution < -0.4 is 15.6 Å². The third kappa shape index (κ3) is 5.87. The van der Waals surface area contributed by atoms with Gasteiger partial charge < -0.3 is 0 Å². The summed E-state index contributed by atoms with van der Waals surface area (Å²) in [6, 6.07) is 46.5. The molecule has 1 heteroatoms. The van der Waals surface area contributed by atoms with Crippen molar-refractivity contribution in [3.05, 3.63) is 211 Å². The molecule has 0 nitrogen and oxygen atoms in total. The molecule has 7 aromatic carbocycles. The quantitative estimate of drug-likeness (QED) is 0.119. The van der Waals surface area contributed by atoms with Gasteiger partial charge in [-0.2, -0.15) is 0 Å². The highest BCUT2D eigenvalue weighted by atomic mass is 28.3. The SMILES string of the molecule is Cc1cc(C)c([Si](c2ccc3c(c2)C(C)(C)c2cc(-c4ccc5c(c4)C(C)(C)c4cc(C)ccc4-5)ccc2-3)(c2c(C)cc(C)cc2C)C2C=C3C(=CC2)c2ccc(C)cc2C3(C)C)c(C)c1. The number of hydrogen-bond donors (Lipinski definition) is 0. The molecule has 4 aliphatic rings. The van der Waals surface area contributed by atoms with Crippen LogP contribution in [0.1, 0.15) is 126 Å². The number of hydrogen-bond acceptors (Lipinski definition) is 0. The first-order valence-corrected chi connectivity index (χ1v) is 26.6. The Hall–Kier alpha value is -5.76. The van der Waals surface area contributed by atoms with Gasteiger partial charge in [0, 0.05) is 16.2 Å². The fourth-order valence-corrected chi connectivity index (χ4v) is 20.5. The van der Waals surface area contributed by atoms with Gasteiger partial charge in [-0.25, -0.2) is 0 Å². The van der Waals surface area contributed by atoms with E-state index < -0.39 is 8.07 Å². The molecule has 7 aromatic rings. The molecule has 66 heavy (non-hydrogen) atoms. The van der Waals surface area contributed by atoms with Crippen LogP contribution in [0.4, 0.5) is 0 Å². The third-order valence-electron chi connectivity index (χ3n) is 17.0. The van der Waals surface area contributed by atoms with E-state index in [0.29, 0.717) is 5.54 Å². The van der Waals surface area contributed by atoms with Gasteiger partial charge >= 0.3 is 0 Å². The molecule has 0 amide bonds. The maximum atomic E-state index is 2.81. The van der Waals surface area contributed by atoms with E-state index in [1.54, 1.807) is 10.4 Å². The van der Waals surface area contributed by atoms with E-state index in [4.69, 9.17) is 0 Å². The maximum absolute atomic E-state index is 2.93. The van der Waals surface area contributed by atoms with Crippen LogP contribution >= 0.6 is 0 Å². The summed E-state index contributed by atoms with van der Waals surface area (Å²) in [5, 5.41) is 4.72. The molecular weight excluding hydrogens is 809 g/mol. The molecule has 0 fully saturated rings. The van der Waals surface area contributed by atoms with Crippen LogP contribution in [0.2, 0.25) is 5.54 Å². The van der Waals surface area contributed by atoms with Crippen molar-refractivity contribution in [3.63, 3.8) is 0 Å². The first-order valence-electron chi connectivity index (χ1n) is 24.5. The van der Waals surface area contributed by atoms with Crippen molar-refractivity contribution in [2.45, 2.75) is 125 Å². The van der Waals surface area contributed by atoms with Gasteiger partial charge in [0.15, 0.2) is 8.07 Å². The second kappa shape index (κ2) is 14.4. The van der Waals surface area contributed by atoms with Crippen molar-refractivity contribution < 1.29 is 0 Å². The number of fused-ring (bicyclic) bond motifs is 9. The Morgan fingerprint density at radius 2 is 0.788 bits per heavy atom. The van der Waals surface area contributed by atoms with E-state index in [-0.39, 0.29) is 16.2 Å². The number of benzene rings is 7. The molecule has 0 spiro atoms. The second-order valence-electron chi connectivity index (χ2n) is 22.6. The highest BCUT2D eigenvalue weighted by molar-refractivity contribution is 7.13. The van der Waals surface area contributed by atoms with Crippen LogP contribution in [-0.4, -0.2) is 8.07 Å². The van der Waals surface area contributed by atoms with Crippen LogP contribution in [0.15, 0.2) is 133 Å². The molecule has 0 radical (unpaired) electrons. The zero-order chi connectivity index (χ0) is 46.6. The lowest BCUT2D eigenvalue weighted by Crippen LogP contribution is -2.72. The predicted molar refractivity (Wildman–Crippen MR) is 286 cm³/mol. The molecule has 0 heterocycles. The summed E-state index contributed by atoms with van der Waals surface area (Å²) in [5.74, 6) is 0. The first kappa shape index (κ1) is 42.8. The average molecular weight is 875 g/mol. The number of rotatable bonds is 5. The van der Waals surface area contributed by atoms with Gasteiger partial charge in [-0.15, -0.1) is 0 Å². The van der Waals surface area contributed by atoms with Crippen molar-refractivity contribution in [1.82, 2.24) is 0 Å². The van der Waals surface area contributed by atoms with E-state index in [9.17, 15) is 0 Å². The molecule has 0 N–H and O–H groups in total. The normalized spacial score (nSPS) is 17.9. The van der Waals surface area contributed by atoms with E-state index in [2.05, 4.69) is 224 Å². The summed E-state index contributed by atoms with van der Waals surface area (Å²) in [4.78, 5) is 0. The van der Waals surface area contributed by atoms with Gasteiger partial charge in [0.1, 0.15) is 0 Å². The zero-order valence-electron chi connectivity index (χ0n) is 41.9. The monoisotopic (exact) mass is 874 g/mol. The largest absolute Gasteiger partial charge is 0.156 e. The minimum absolute atomic E-state index is 0.0454. The summed E-state index contributed by atoms with van der Waals surface area (Å²) in [6.45, 7) is 33.4. The van der Waals surface area contributed by atoms with Crippen molar-refractivity contribution in [1.29, 1.82) is 0 Å². The van der Waals surface area contributed by atoms with Crippen molar-refractivity contribution >= 4 is 29.2 Å². The average Bonchev–Trinajstić information content (AvgIpc) is 3.73. The maximum Gasteiger partial charge on any atom is 0.156 e. The highest BCUT2D eigenvalue weighted by Crippen LogP contribution is 2.56. The van der Waals surface area contributed by atoms with E-state index in [1.165, 1.54) is 128 Å². The Morgan fingerprint density at radius 1 is 0.394 bits per heavy atom. The molecule has 1 atom stereocenters. The fraction of sp³-hybridized carbons (Fsp3) is 0.292. The Morgan fingerprint density at radius 3 is 1.27 bits per heavy atom. The standard InChI is InChI=1S/C65H66Si/c1-37-15-21-49-51-23-17-45(33-57(51)63(9,10)55(49)31-37)46-18-24-52-54-26-20-48(36-60(54)65(13,14)58(52)34-46)66(61-41(5)27-39(3)28-42(61)6,62-43(7)29-40(4)30-44(62)8)47-19-25-53-50-22-16-38(2)32-56(50)64(11,12)59(53)35-47/h15-18,20-36,47H,19H2,1-14H3. The molecule has 4 aliphatic carbocycles. The first-order chi connectivity index (χ1) is 31.2. The lowest BCUT2D eigenvalue weighted by Gasteiger charge is -2.45. The van der Waals surface area contributed by atoms with Crippen molar-refractivity contribution in [2.24, 2.45) is 0 Å². The molecule has 0 aliphatic heterocycles. The van der Waals surface area contributed by atoms with Crippen LogP contribution in [0.25, 0.3) is 39.0 Å². The fourth-order valence-electron chi connectivity index (χ4n) is 14.2. The molecule has 0 aromatic heterocycles. The van der Waals surface area contributed by atoms with Gasteiger partial charge in [-0.05, 0) is 173 Å². The van der Waals surface area contributed by atoms with E-state index in [0.717, 1.165) is 6.42 Å². The summed E-state index contributed by atoms with van der Waals surface area (Å²) < 4.78 is 0. The Kier molecular flexibility index (Phi) is 9.33. The number of aryl methyl sites for hydroxylation is 8. The lowest BCUT2D eigenvalue weighted by atomic mass is 9.80. The minimum atomic E-state index is -2.93. The van der Waals surface area contributed by atoms with Crippen LogP contribution in [0.5, 0.6) is 0 Å². The molecule has 0 saturated carbocycles. The van der Waals surface area contributed by atoms with Gasteiger partial charge in [0.2, 0.25) is 0 Å². The predicted octanol–water partition coefficient (Wildman–Crippen LogP) is 15.0. The smallest absolute Gasteiger partial charge is 0.0781 e. The minimum Gasteiger partial charge on any atom is -0.0781 e. The van der Waals surface area contributed by atoms with Gasteiger partial charge in [0.05, 0.1) is 0 Å². The van der Waals surface area contributed by atoms with Crippen LogP contribution in [0.3, 0.4) is 0 Å². The van der Waals surface area contributed by atoms with Gasteiger partial charge in [0.25, 0.3) is 0 Å². The summed E-state index contributed by atoms with van der Waals surface area (Å²) in [6.07, 6.45) is 6.47. The summed E-state index contributed by atoms with van der Waals surface area (Å²) in [7, 11) is -2.93. The topological polar surface area (TPSA) is 0 Å². The molecule has 1 unspecified atom stereocenters. The van der Waals surface area contributed by atoms with Crippen LogP contribution in [0, 0.1) is 55.4 Å². The Labute approximate surface area is 396 Å². The zero-order valence-corrected chi connectivity index (χ0v) is 42.9. The van der Waals surface area contributed by atoms with Gasteiger partial charge in [-0.1, -0.05) is 201 Å². The third-order valence-corrected chi connectivity index (χ3v) is 22.9. The molecule has 0 bridgehead atoms. The summed E-state index contributed by atoms with van der Waals surface area (Å²) in [5.41, 5.74) is 30.8. The molecule has 0 saturated heterocycles. The van der Waals surface area contributed by atoms with Crippen molar-refractivity contribution in [3.8, 4) is 33.4 Å². The Balaban J connectivity index is 1.12. The molecule has 330 valence electrons. The Bertz CT molecular complexity index is 3230. The summed E-state index contributed by atoms with van der Waals surface area (Å²) >= 11 is 0. The lowest BCUT2D eigenvalue weighted by molar-refractivity contribution is 0.653. The van der Waals surface area contributed by atoms with Crippen molar-refractivity contribution in [2.75, 3.05) is 0 Å². The van der Waals surface area contributed by atoms with Gasteiger partial charge in [-0.3, -0.25) is 0 Å². The molecular formula is C65H66Si. The number of allylic oxidation sites excluding steroid dienone is 4. The van der Waals surface area contributed by atoms with E-state index in [1.807, 2.05) is 0 Å².